The van der Waals surface area contributed by atoms with Crippen LogP contribution in [0.5, 0.6) is 0 Å². The fraction of sp³-hybridized carbons (Fsp3) is 0.844. The van der Waals surface area contributed by atoms with Crippen molar-refractivity contribution in [1.82, 2.24) is 0 Å². The maximum Gasteiger partial charge on any atom is 0.314 e. The van der Waals surface area contributed by atoms with Crippen LogP contribution in [0.25, 0.3) is 0 Å². The predicted octanol–water partition coefficient (Wildman–Crippen LogP) is 7.23. The van der Waals surface area contributed by atoms with Crippen LogP contribution in [-0.4, -0.2) is 29.9 Å². The summed E-state index contributed by atoms with van der Waals surface area (Å²) in [6, 6.07) is 0. The molecule has 4 rings (SSSR count). The number of hydrogen-bond donors (Lipinski definition) is 1. The van der Waals surface area contributed by atoms with Crippen molar-refractivity contribution >= 4 is 17.7 Å². The minimum atomic E-state index is -0.972. The Morgan fingerprint density at radius 3 is 2.27 bits per heavy atom. The third kappa shape index (κ3) is 3.95. The number of rotatable bonds is 4. The molecule has 0 aliphatic heterocycles. The van der Waals surface area contributed by atoms with Crippen molar-refractivity contribution in [2.24, 2.45) is 50.2 Å². The van der Waals surface area contributed by atoms with Gasteiger partial charge < -0.3 is 9.84 Å². The maximum absolute atomic E-state index is 13.3. The maximum atomic E-state index is 13.3. The molecule has 0 spiro atoms. The van der Waals surface area contributed by atoms with Gasteiger partial charge in [0.2, 0.25) is 0 Å². The van der Waals surface area contributed by atoms with Crippen LogP contribution >= 0.6 is 0 Å². The number of hydrogen-bond acceptors (Lipinski definition) is 4. The van der Waals surface area contributed by atoms with Gasteiger partial charge in [0.05, 0.1) is 12.5 Å². The van der Waals surface area contributed by atoms with Gasteiger partial charge in [0.15, 0.2) is 5.78 Å². The molecule has 7 atom stereocenters. The highest BCUT2D eigenvalue weighted by Crippen LogP contribution is 2.75. The second-order valence-corrected chi connectivity index (χ2v) is 15.5. The highest BCUT2D eigenvalue weighted by atomic mass is 16.5. The Kier molecular flexibility index (Phi) is 6.65. The first-order valence-electron chi connectivity index (χ1n) is 14.4. The number of Topliss-reactive ketones (excluding diaryl/α,β-unsaturated/α-hetero) is 1. The Labute approximate surface area is 224 Å². The quantitative estimate of drug-likeness (QED) is 0.243. The highest BCUT2D eigenvalue weighted by Gasteiger charge is 2.71. The van der Waals surface area contributed by atoms with Crippen LogP contribution in [0.4, 0.5) is 0 Å². The van der Waals surface area contributed by atoms with Crippen molar-refractivity contribution in [2.45, 2.75) is 113 Å². The molecule has 4 aliphatic carbocycles. The minimum Gasteiger partial charge on any atom is -0.481 e. The van der Waals surface area contributed by atoms with E-state index in [9.17, 15) is 19.5 Å². The van der Waals surface area contributed by atoms with Crippen LogP contribution in [0.3, 0.4) is 0 Å². The molecule has 0 amide bonds. The van der Waals surface area contributed by atoms with E-state index in [1.54, 1.807) is 0 Å². The summed E-state index contributed by atoms with van der Waals surface area (Å²) in [5.74, 6) is -1.53. The van der Waals surface area contributed by atoms with Crippen LogP contribution in [0.1, 0.15) is 113 Å². The lowest BCUT2D eigenvalue weighted by Gasteiger charge is -2.71. The third-order valence-corrected chi connectivity index (χ3v) is 12.4. The Balaban J connectivity index is 1.74. The lowest BCUT2D eigenvalue weighted by atomic mass is 9.32. The fourth-order valence-electron chi connectivity index (χ4n) is 9.77. The summed E-state index contributed by atoms with van der Waals surface area (Å²) < 4.78 is 5.39. The van der Waals surface area contributed by atoms with Crippen LogP contribution in [0.2, 0.25) is 0 Å². The van der Waals surface area contributed by atoms with Gasteiger partial charge in [-0.3, -0.25) is 14.4 Å². The molecule has 208 valence electrons. The zero-order chi connectivity index (χ0) is 27.8. The molecule has 0 radical (unpaired) electrons. The summed E-state index contributed by atoms with van der Waals surface area (Å²) >= 11 is 0. The standard InChI is InChI=1S/C32H50O5/c1-27(2,3)16-17-32(26(36)37-9)15-11-22-20(18-32)10-14-31(8)29(22,6)13-12-23-28(4,5)24(33)21(25(34)35)19-30(23,31)7/h10,21-23H,11-19H2,1-9H3,(H,34,35). The van der Waals surface area contributed by atoms with Crippen molar-refractivity contribution in [2.75, 3.05) is 7.11 Å². The van der Waals surface area contributed by atoms with Gasteiger partial charge >= 0.3 is 11.9 Å². The lowest BCUT2D eigenvalue weighted by molar-refractivity contribution is -0.216. The summed E-state index contributed by atoms with van der Waals surface area (Å²) in [6.45, 7) is 17.8. The monoisotopic (exact) mass is 514 g/mol. The molecule has 5 nitrogen and oxygen atoms in total. The predicted molar refractivity (Wildman–Crippen MR) is 145 cm³/mol. The molecule has 0 saturated heterocycles. The first kappa shape index (κ1) is 28.4. The number of ketones is 1. The van der Waals surface area contributed by atoms with E-state index < -0.39 is 22.7 Å². The molecule has 5 heteroatoms. The molecule has 0 heterocycles. The molecule has 4 aliphatic rings. The number of aliphatic carboxylic acids is 1. The molecule has 3 fully saturated rings. The molecule has 0 aromatic rings. The molecular weight excluding hydrogens is 464 g/mol. The highest BCUT2D eigenvalue weighted by molar-refractivity contribution is 6.02. The number of methoxy groups -OCH3 is 1. The van der Waals surface area contributed by atoms with E-state index in [0.717, 1.165) is 51.4 Å². The molecule has 37 heavy (non-hydrogen) atoms. The van der Waals surface area contributed by atoms with Crippen molar-refractivity contribution in [1.29, 1.82) is 0 Å². The van der Waals surface area contributed by atoms with Gasteiger partial charge in [-0.2, -0.15) is 0 Å². The lowest BCUT2D eigenvalue weighted by Crippen LogP contribution is -2.67. The summed E-state index contributed by atoms with van der Waals surface area (Å²) in [7, 11) is 1.52. The zero-order valence-corrected chi connectivity index (χ0v) is 24.8. The average molecular weight is 515 g/mol. The minimum absolute atomic E-state index is 0.00579. The Bertz CT molecular complexity index is 1020. The van der Waals surface area contributed by atoms with Gasteiger partial charge in [0, 0.05) is 5.41 Å². The van der Waals surface area contributed by atoms with Crippen LogP contribution < -0.4 is 0 Å². The van der Waals surface area contributed by atoms with Crippen molar-refractivity contribution in [3.05, 3.63) is 11.6 Å². The van der Waals surface area contributed by atoms with Gasteiger partial charge in [0.25, 0.3) is 0 Å². The van der Waals surface area contributed by atoms with E-state index in [1.165, 1.54) is 12.7 Å². The van der Waals surface area contributed by atoms with E-state index in [0.29, 0.717) is 12.3 Å². The summed E-state index contributed by atoms with van der Waals surface area (Å²) in [5, 5.41) is 10.0. The van der Waals surface area contributed by atoms with E-state index in [2.05, 4.69) is 47.6 Å². The Hall–Kier alpha value is -1.65. The summed E-state index contributed by atoms with van der Waals surface area (Å²) in [5.41, 5.74) is 0.0720. The number of carboxylic acid groups (broad SMARTS) is 1. The van der Waals surface area contributed by atoms with Crippen molar-refractivity contribution < 1.29 is 24.2 Å². The normalized spacial score (nSPS) is 43.1. The van der Waals surface area contributed by atoms with Crippen LogP contribution in [-0.2, 0) is 19.1 Å². The molecule has 0 bridgehead atoms. The first-order chi connectivity index (χ1) is 16.9. The van der Waals surface area contributed by atoms with Gasteiger partial charge in [-0.1, -0.05) is 67.0 Å². The Morgan fingerprint density at radius 1 is 1.05 bits per heavy atom. The molecule has 3 saturated carbocycles. The van der Waals surface area contributed by atoms with E-state index >= 15 is 0 Å². The number of carboxylic acids is 1. The largest absolute Gasteiger partial charge is 0.481 e. The SMILES string of the molecule is COC(=O)C1(CCC(C)(C)C)CCC2C(=CCC3(C)C2(C)CCC2C(C)(C)C(=O)C(C(=O)O)CC23C)C1. The van der Waals surface area contributed by atoms with Gasteiger partial charge in [-0.25, -0.2) is 0 Å². The number of carbonyl (C=O) groups excluding carboxylic acids is 2. The second kappa shape index (κ2) is 8.68. The van der Waals surface area contributed by atoms with Crippen molar-refractivity contribution in [3.8, 4) is 0 Å². The summed E-state index contributed by atoms with van der Waals surface area (Å²) in [4.78, 5) is 38.8. The Morgan fingerprint density at radius 2 is 1.70 bits per heavy atom. The number of carbonyl (C=O) groups is 3. The fourth-order valence-corrected chi connectivity index (χ4v) is 9.77. The third-order valence-electron chi connectivity index (χ3n) is 12.4. The average Bonchev–Trinajstić information content (AvgIpc) is 2.80. The van der Waals surface area contributed by atoms with Gasteiger partial charge in [-0.05, 0) is 91.3 Å². The van der Waals surface area contributed by atoms with E-state index in [1.807, 2.05) is 13.8 Å². The first-order valence-corrected chi connectivity index (χ1v) is 14.4. The van der Waals surface area contributed by atoms with Gasteiger partial charge in [-0.15, -0.1) is 0 Å². The second-order valence-electron chi connectivity index (χ2n) is 15.5. The molecular formula is C32H50O5. The molecule has 0 aromatic heterocycles. The topological polar surface area (TPSA) is 80.7 Å². The van der Waals surface area contributed by atoms with Crippen LogP contribution in [0.15, 0.2) is 11.6 Å². The van der Waals surface area contributed by atoms with Gasteiger partial charge in [0.1, 0.15) is 5.92 Å². The number of allylic oxidation sites excluding steroid dienone is 2. The smallest absolute Gasteiger partial charge is 0.314 e. The van der Waals surface area contributed by atoms with E-state index in [-0.39, 0.29) is 39.3 Å². The molecule has 7 unspecified atom stereocenters. The zero-order valence-electron chi connectivity index (χ0n) is 24.8. The number of esters is 1. The number of ether oxygens (including phenoxy) is 1. The molecule has 0 aromatic carbocycles. The van der Waals surface area contributed by atoms with E-state index in [4.69, 9.17) is 4.74 Å². The number of fused-ring (bicyclic) bond motifs is 5. The van der Waals surface area contributed by atoms with Crippen LogP contribution in [0, 0.1) is 50.2 Å². The molecule has 1 N–H and O–H groups in total. The summed E-state index contributed by atoms with van der Waals surface area (Å²) in [6.07, 6.45) is 10.1. The van der Waals surface area contributed by atoms with Crippen molar-refractivity contribution in [3.63, 3.8) is 0 Å².